The van der Waals surface area contributed by atoms with Crippen molar-refractivity contribution in [2.75, 3.05) is 17.6 Å². The van der Waals surface area contributed by atoms with Crippen molar-refractivity contribution in [1.29, 1.82) is 0 Å². The molecule has 9 heteroatoms. The van der Waals surface area contributed by atoms with Gasteiger partial charge in [-0.2, -0.15) is 0 Å². The maximum Gasteiger partial charge on any atom is 0.335 e. The van der Waals surface area contributed by atoms with Crippen LogP contribution in [-0.2, 0) is 4.79 Å². The summed E-state index contributed by atoms with van der Waals surface area (Å²) in [5.41, 5.74) is 22.3. The number of rotatable bonds is 7. The van der Waals surface area contributed by atoms with E-state index in [2.05, 4.69) is 10.3 Å². The van der Waals surface area contributed by atoms with Crippen LogP contribution in [0.5, 0.6) is 0 Å². The molecule has 1 rings (SSSR count). The molecule has 1 atom stereocenters. The van der Waals surface area contributed by atoms with Gasteiger partial charge in [0, 0.05) is 6.54 Å². The molecule has 0 unspecified atom stereocenters. The number of nitrogens with zero attached hydrogens (tertiary/aromatic N) is 1. The zero-order chi connectivity index (χ0) is 16.7. The second-order valence-electron chi connectivity index (χ2n) is 4.65. The van der Waals surface area contributed by atoms with Gasteiger partial charge in [-0.15, -0.1) is 0 Å². The van der Waals surface area contributed by atoms with Crippen LogP contribution in [0.1, 0.15) is 23.2 Å². The van der Waals surface area contributed by atoms with Gasteiger partial charge in [-0.3, -0.25) is 9.79 Å². The molecule has 1 amide bonds. The third-order valence-electron chi connectivity index (χ3n) is 2.86. The van der Waals surface area contributed by atoms with E-state index < -0.39 is 17.9 Å². The van der Waals surface area contributed by atoms with Crippen LogP contribution in [0.3, 0.4) is 0 Å². The van der Waals surface area contributed by atoms with E-state index in [1.165, 1.54) is 18.2 Å². The van der Waals surface area contributed by atoms with Crippen LogP contribution < -0.4 is 28.3 Å². The van der Waals surface area contributed by atoms with Crippen molar-refractivity contribution in [2.24, 2.45) is 22.2 Å². The van der Waals surface area contributed by atoms with Crippen molar-refractivity contribution in [3.63, 3.8) is 0 Å². The molecule has 0 fully saturated rings. The van der Waals surface area contributed by atoms with Crippen LogP contribution >= 0.6 is 0 Å². The summed E-state index contributed by atoms with van der Waals surface area (Å²) in [6, 6.07) is 3.26. The average Bonchev–Trinajstić information content (AvgIpc) is 2.45. The number of carbonyl (C=O) groups is 2. The van der Waals surface area contributed by atoms with Gasteiger partial charge in [-0.25, -0.2) is 4.79 Å². The fourth-order valence-corrected chi connectivity index (χ4v) is 1.67. The number of aromatic carboxylic acids is 1. The van der Waals surface area contributed by atoms with Gasteiger partial charge in [0.1, 0.15) is 0 Å². The van der Waals surface area contributed by atoms with Crippen molar-refractivity contribution in [1.82, 2.24) is 0 Å². The molecule has 120 valence electrons. The number of benzene rings is 1. The van der Waals surface area contributed by atoms with E-state index in [9.17, 15) is 9.59 Å². The molecule has 0 spiro atoms. The van der Waals surface area contributed by atoms with E-state index in [4.69, 9.17) is 28.0 Å². The number of amides is 1. The lowest BCUT2D eigenvalue weighted by Crippen LogP contribution is -2.36. The van der Waals surface area contributed by atoms with E-state index in [0.29, 0.717) is 19.4 Å². The topological polar surface area (TPSA) is 183 Å². The molecule has 0 aliphatic carbocycles. The second-order valence-corrected chi connectivity index (χ2v) is 4.65. The zero-order valence-electron chi connectivity index (χ0n) is 12.0. The number of hydrogen-bond donors (Lipinski definition) is 6. The van der Waals surface area contributed by atoms with E-state index in [1.807, 2.05) is 0 Å². The van der Waals surface area contributed by atoms with Gasteiger partial charge in [-0.1, -0.05) is 0 Å². The van der Waals surface area contributed by atoms with Crippen molar-refractivity contribution in [3.05, 3.63) is 23.8 Å². The first-order valence-electron chi connectivity index (χ1n) is 6.56. The fraction of sp³-hybridized carbons (Fsp3) is 0.308. The highest BCUT2D eigenvalue weighted by Crippen LogP contribution is 2.20. The lowest BCUT2D eigenvalue weighted by Gasteiger charge is -2.13. The molecule has 0 aliphatic rings. The van der Waals surface area contributed by atoms with E-state index in [-0.39, 0.29) is 22.9 Å². The van der Waals surface area contributed by atoms with Crippen LogP contribution in [0.25, 0.3) is 0 Å². The number of carboxylic acid groups (broad SMARTS) is 1. The molecule has 0 saturated carbocycles. The summed E-state index contributed by atoms with van der Waals surface area (Å²) in [7, 11) is 0. The number of nitrogens with one attached hydrogen (secondary N) is 1. The Kier molecular flexibility index (Phi) is 6.14. The molecule has 0 radical (unpaired) electrons. The molecule has 22 heavy (non-hydrogen) atoms. The summed E-state index contributed by atoms with van der Waals surface area (Å²) in [5, 5.41) is 11.4. The Morgan fingerprint density at radius 1 is 1.32 bits per heavy atom. The molecule has 0 heterocycles. The van der Waals surface area contributed by atoms with Crippen LogP contribution in [-0.4, -0.2) is 35.5 Å². The highest BCUT2D eigenvalue weighted by molar-refractivity contribution is 5.99. The summed E-state index contributed by atoms with van der Waals surface area (Å²) < 4.78 is 0. The van der Waals surface area contributed by atoms with Gasteiger partial charge in [0.2, 0.25) is 5.91 Å². The molecule has 9 nitrogen and oxygen atoms in total. The lowest BCUT2D eigenvalue weighted by molar-refractivity contribution is -0.117. The molecular formula is C13H20N6O3. The zero-order valence-corrected chi connectivity index (χ0v) is 12.0. The minimum Gasteiger partial charge on any atom is -0.478 e. The quantitative estimate of drug-likeness (QED) is 0.166. The maximum atomic E-state index is 11.9. The summed E-state index contributed by atoms with van der Waals surface area (Å²) in [6.07, 6.45) is 0.915. The number of aliphatic imine (C=N–C) groups is 1. The largest absolute Gasteiger partial charge is 0.478 e. The third kappa shape index (κ3) is 5.29. The van der Waals surface area contributed by atoms with E-state index in [0.717, 1.165) is 0 Å². The van der Waals surface area contributed by atoms with Crippen LogP contribution in [0.2, 0.25) is 0 Å². The van der Waals surface area contributed by atoms with Crippen molar-refractivity contribution < 1.29 is 14.7 Å². The fourth-order valence-electron chi connectivity index (χ4n) is 1.67. The van der Waals surface area contributed by atoms with Gasteiger partial charge in [0.15, 0.2) is 5.96 Å². The van der Waals surface area contributed by atoms with Crippen LogP contribution in [0.4, 0.5) is 11.4 Å². The van der Waals surface area contributed by atoms with Gasteiger partial charge in [0.05, 0.1) is 23.0 Å². The Bertz CT molecular complexity index is 583. The molecule has 0 aliphatic heterocycles. The Morgan fingerprint density at radius 3 is 2.59 bits per heavy atom. The minimum atomic E-state index is -1.11. The Balaban J connectivity index is 2.62. The Hall–Kier alpha value is -2.81. The SMILES string of the molecule is NC(N)=NCCC[C@H](N)C(=O)Nc1cc(C(=O)O)ccc1N. The maximum absolute atomic E-state index is 11.9. The summed E-state index contributed by atoms with van der Waals surface area (Å²) in [5.74, 6) is -1.59. The molecule has 1 aromatic carbocycles. The van der Waals surface area contributed by atoms with E-state index in [1.54, 1.807) is 0 Å². The van der Waals surface area contributed by atoms with Gasteiger partial charge in [0.25, 0.3) is 0 Å². The molecule has 1 aromatic rings. The van der Waals surface area contributed by atoms with Crippen LogP contribution in [0.15, 0.2) is 23.2 Å². The monoisotopic (exact) mass is 308 g/mol. The van der Waals surface area contributed by atoms with Crippen molar-refractivity contribution in [2.45, 2.75) is 18.9 Å². The summed E-state index contributed by atoms with van der Waals surface area (Å²) in [4.78, 5) is 26.6. The van der Waals surface area contributed by atoms with E-state index >= 15 is 0 Å². The lowest BCUT2D eigenvalue weighted by atomic mass is 10.1. The van der Waals surface area contributed by atoms with Gasteiger partial charge >= 0.3 is 5.97 Å². The predicted octanol–water partition coefficient (Wildman–Crippen LogP) is -0.714. The minimum absolute atomic E-state index is 0.0173. The summed E-state index contributed by atoms with van der Waals surface area (Å²) in [6.45, 7) is 0.375. The summed E-state index contributed by atoms with van der Waals surface area (Å²) >= 11 is 0. The van der Waals surface area contributed by atoms with Gasteiger partial charge < -0.3 is 33.4 Å². The van der Waals surface area contributed by atoms with Crippen molar-refractivity contribution in [3.8, 4) is 0 Å². The Morgan fingerprint density at radius 2 is 2.00 bits per heavy atom. The Labute approximate surface area is 127 Å². The number of carbonyl (C=O) groups excluding carboxylic acids is 1. The first kappa shape index (κ1) is 17.2. The van der Waals surface area contributed by atoms with Crippen molar-refractivity contribution >= 4 is 29.2 Å². The number of hydrogen-bond acceptors (Lipinski definition) is 5. The first-order valence-corrected chi connectivity index (χ1v) is 6.56. The number of guanidine groups is 1. The normalized spacial score (nSPS) is 11.5. The van der Waals surface area contributed by atoms with Crippen LogP contribution in [0, 0.1) is 0 Å². The number of anilines is 2. The standard InChI is InChI=1S/C13H20N6O3/c14-8-4-3-7(12(21)22)6-10(8)19-11(20)9(15)2-1-5-18-13(16)17/h3-4,6,9H,1-2,5,14-15H2,(H,19,20)(H,21,22)(H4,16,17,18)/t9-/m0/s1. The second kappa shape index (κ2) is 7.84. The molecule has 10 N–H and O–H groups in total. The predicted molar refractivity (Wildman–Crippen MR) is 84.3 cm³/mol. The number of nitrogen functional groups attached to an aromatic ring is 1. The highest BCUT2D eigenvalue weighted by Gasteiger charge is 2.15. The number of carboxylic acids is 1. The molecule has 0 saturated heterocycles. The van der Waals surface area contributed by atoms with Gasteiger partial charge in [-0.05, 0) is 31.0 Å². The molecule has 0 bridgehead atoms. The average molecular weight is 308 g/mol. The highest BCUT2D eigenvalue weighted by atomic mass is 16.4. The molecule has 0 aromatic heterocycles. The smallest absolute Gasteiger partial charge is 0.335 e. The number of nitrogens with two attached hydrogens (primary N) is 4. The first-order chi connectivity index (χ1) is 10.3. The third-order valence-corrected chi connectivity index (χ3v) is 2.86. The molecular weight excluding hydrogens is 288 g/mol.